The zero-order chi connectivity index (χ0) is 9.98. The molecule has 0 rings (SSSR count). The van der Waals surface area contributed by atoms with Crippen LogP contribution in [0.15, 0.2) is 12.2 Å². The minimum Gasteiger partial charge on any atom is -0.379 e. The van der Waals surface area contributed by atoms with Crippen LogP contribution in [-0.2, 0) is 18.1 Å². The molecule has 0 bridgehead atoms. The Morgan fingerprint density at radius 2 is 1.50 bits per heavy atom. The van der Waals surface area contributed by atoms with Crippen molar-refractivity contribution in [2.45, 2.75) is 6.92 Å². The number of hydrogen-bond acceptors (Lipinski definition) is 4. The molecule has 0 unspecified atom stereocenters. The zero-order valence-corrected chi connectivity index (χ0v) is 9.15. The third-order valence-electron chi connectivity index (χ3n) is 0.779. The van der Waals surface area contributed by atoms with Crippen molar-refractivity contribution < 1.29 is 18.1 Å². The molecule has 72 valence electrons. The third kappa shape index (κ3) is 12.2. The van der Waals surface area contributed by atoms with Crippen molar-refractivity contribution in [1.82, 2.24) is 0 Å². The summed E-state index contributed by atoms with van der Waals surface area (Å²) in [6.07, 6.45) is 0.722. The Labute approximate surface area is 75.1 Å². The highest BCUT2D eigenvalue weighted by Gasteiger charge is 2.04. The number of hydrogen-bond donors (Lipinski definition) is 0. The Morgan fingerprint density at radius 1 is 1.25 bits per heavy atom. The largest absolute Gasteiger partial charge is 0.483 e. The van der Waals surface area contributed by atoms with E-state index in [2.05, 4.69) is 6.58 Å². The molecule has 5 heteroatoms. The molecular formula is C7H16O4Si. The lowest BCUT2D eigenvalue weighted by molar-refractivity contribution is -0.104. The molecule has 0 heterocycles. The van der Waals surface area contributed by atoms with Crippen LogP contribution in [-0.4, -0.2) is 37.1 Å². The van der Waals surface area contributed by atoms with Crippen molar-refractivity contribution in [2.24, 2.45) is 0 Å². The van der Waals surface area contributed by atoms with Crippen LogP contribution in [0.3, 0.4) is 0 Å². The van der Waals surface area contributed by atoms with Gasteiger partial charge in [-0.15, -0.1) is 0 Å². The Bertz CT molecular complexity index is 117. The van der Waals surface area contributed by atoms with Gasteiger partial charge in [0.2, 0.25) is 0 Å². The molecule has 0 atom stereocenters. The van der Waals surface area contributed by atoms with Crippen molar-refractivity contribution >= 4 is 15.8 Å². The van der Waals surface area contributed by atoms with Crippen LogP contribution in [0.1, 0.15) is 6.92 Å². The molecule has 0 aliphatic carbocycles. The Hall–Kier alpha value is -0.493. The van der Waals surface area contributed by atoms with Gasteiger partial charge in [0.15, 0.2) is 0 Å². The van der Waals surface area contributed by atoms with E-state index in [-0.39, 0.29) is 0 Å². The molecular weight excluding hydrogens is 176 g/mol. The fourth-order valence-corrected chi connectivity index (χ4v) is 0.866. The fourth-order valence-electron chi connectivity index (χ4n) is 0.289. The highest BCUT2D eigenvalue weighted by molar-refractivity contribution is 6.36. The van der Waals surface area contributed by atoms with E-state index in [9.17, 15) is 4.79 Å². The highest BCUT2D eigenvalue weighted by atomic mass is 28.3. The van der Waals surface area contributed by atoms with Gasteiger partial charge in [0.05, 0.1) is 0 Å². The Kier molecular flexibility index (Phi) is 12.3. The van der Waals surface area contributed by atoms with E-state index in [1.165, 1.54) is 0 Å². The van der Waals surface area contributed by atoms with Crippen LogP contribution in [0.5, 0.6) is 0 Å². The average molecular weight is 192 g/mol. The standard InChI is InChI=1S/C4H6O.C3H10O3Si/c1-4(2)3-5;1-4-7(5-2)6-3/h3H,1H2,2H3;7H,1-3H3. The smallest absolute Gasteiger partial charge is 0.379 e. The summed E-state index contributed by atoms with van der Waals surface area (Å²) in [5.74, 6) is 0. The third-order valence-corrected chi connectivity index (χ3v) is 1.93. The normalized spacial score (nSPS) is 8.75. The van der Waals surface area contributed by atoms with E-state index in [0.29, 0.717) is 5.57 Å². The number of aldehydes is 1. The van der Waals surface area contributed by atoms with Crippen LogP contribution in [0.4, 0.5) is 0 Å². The van der Waals surface area contributed by atoms with E-state index in [1.807, 2.05) is 0 Å². The van der Waals surface area contributed by atoms with Gasteiger partial charge in [0, 0.05) is 21.3 Å². The maximum atomic E-state index is 9.41. The van der Waals surface area contributed by atoms with Crippen LogP contribution in [0.25, 0.3) is 0 Å². The van der Waals surface area contributed by atoms with Crippen LogP contribution >= 0.6 is 0 Å². The van der Waals surface area contributed by atoms with Crippen LogP contribution < -0.4 is 0 Å². The quantitative estimate of drug-likeness (QED) is 0.367. The van der Waals surface area contributed by atoms with Gasteiger partial charge in [-0.1, -0.05) is 6.58 Å². The number of carbonyl (C=O) groups is 1. The number of carbonyl (C=O) groups excluding carboxylic acids is 1. The molecule has 0 aliphatic heterocycles. The molecule has 0 saturated heterocycles. The maximum absolute atomic E-state index is 9.41. The monoisotopic (exact) mass is 192 g/mol. The van der Waals surface area contributed by atoms with Gasteiger partial charge in [0.1, 0.15) is 6.29 Å². The minimum absolute atomic E-state index is 0.574. The first kappa shape index (κ1) is 14.1. The van der Waals surface area contributed by atoms with Gasteiger partial charge in [-0.05, 0) is 12.5 Å². The fraction of sp³-hybridized carbons (Fsp3) is 0.571. The van der Waals surface area contributed by atoms with E-state index in [0.717, 1.165) is 6.29 Å². The predicted molar refractivity (Wildman–Crippen MR) is 49.1 cm³/mol. The summed E-state index contributed by atoms with van der Waals surface area (Å²) in [5, 5.41) is 0. The van der Waals surface area contributed by atoms with Crippen molar-refractivity contribution in [2.75, 3.05) is 21.3 Å². The van der Waals surface area contributed by atoms with Gasteiger partial charge in [-0.25, -0.2) is 0 Å². The SMILES string of the molecule is C=C(C)C=O.CO[SiH](OC)OC. The molecule has 0 radical (unpaired) electrons. The molecule has 0 aromatic rings. The van der Waals surface area contributed by atoms with Crippen LogP contribution in [0.2, 0.25) is 0 Å². The molecule has 4 nitrogen and oxygen atoms in total. The van der Waals surface area contributed by atoms with E-state index >= 15 is 0 Å². The first-order valence-corrected chi connectivity index (χ1v) is 4.72. The summed E-state index contributed by atoms with van der Waals surface area (Å²) in [5.41, 5.74) is 0.574. The van der Waals surface area contributed by atoms with Gasteiger partial charge < -0.3 is 13.3 Å². The minimum atomic E-state index is -1.67. The Morgan fingerprint density at radius 3 is 1.50 bits per heavy atom. The highest BCUT2D eigenvalue weighted by Crippen LogP contribution is 1.81. The van der Waals surface area contributed by atoms with Gasteiger partial charge in [-0.2, -0.15) is 0 Å². The van der Waals surface area contributed by atoms with Crippen molar-refractivity contribution in [3.05, 3.63) is 12.2 Å². The molecule has 0 aromatic heterocycles. The van der Waals surface area contributed by atoms with Crippen LogP contribution in [0, 0.1) is 0 Å². The second-order valence-electron chi connectivity index (χ2n) is 1.96. The van der Waals surface area contributed by atoms with Gasteiger partial charge in [0.25, 0.3) is 0 Å². The maximum Gasteiger partial charge on any atom is 0.483 e. The summed E-state index contributed by atoms with van der Waals surface area (Å²) in [7, 11) is 3.05. The molecule has 0 fully saturated rings. The molecule has 0 N–H and O–H groups in total. The van der Waals surface area contributed by atoms with Gasteiger partial charge in [-0.3, -0.25) is 4.79 Å². The summed E-state index contributed by atoms with van der Waals surface area (Å²) < 4.78 is 14.2. The van der Waals surface area contributed by atoms with Crippen molar-refractivity contribution in [3.8, 4) is 0 Å². The Balaban J connectivity index is 0. The molecule has 0 spiro atoms. The second-order valence-corrected chi connectivity index (χ2v) is 3.95. The van der Waals surface area contributed by atoms with E-state index < -0.39 is 9.53 Å². The van der Waals surface area contributed by atoms with Gasteiger partial charge >= 0.3 is 9.53 Å². The number of allylic oxidation sites excluding steroid dienone is 1. The first-order valence-electron chi connectivity index (χ1n) is 3.31. The zero-order valence-electron chi connectivity index (χ0n) is 7.99. The predicted octanol–water partition coefficient (Wildman–Crippen LogP) is 0.404. The van der Waals surface area contributed by atoms with Crippen molar-refractivity contribution in [3.63, 3.8) is 0 Å². The molecule has 0 aliphatic rings. The second kappa shape index (κ2) is 10.5. The average Bonchev–Trinajstić information content (AvgIpc) is 2.09. The number of rotatable bonds is 4. The topological polar surface area (TPSA) is 44.8 Å². The summed E-state index contributed by atoms with van der Waals surface area (Å²) in [6, 6.07) is 0. The lowest BCUT2D eigenvalue weighted by Gasteiger charge is -2.05. The molecule has 0 saturated carbocycles. The molecule has 0 aromatic carbocycles. The molecule has 0 amide bonds. The summed E-state index contributed by atoms with van der Waals surface area (Å²) >= 11 is 0. The first-order chi connectivity index (χ1) is 5.62. The summed E-state index contributed by atoms with van der Waals surface area (Å²) in [6.45, 7) is 4.97. The summed E-state index contributed by atoms with van der Waals surface area (Å²) in [4.78, 5) is 9.41. The van der Waals surface area contributed by atoms with E-state index in [4.69, 9.17) is 13.3 Å². The molecule has 12 heavy (non-hydrogen) atoms. The van der Waals surface area contributed by atoms with Crippen molar-refractivity contribution in [1.29, 1.82) is 0 Å². The van der Waals surface area contributed by atoms with E-state index in [1.54, 1.807) is 28.3 Å². The lowest BCUT2D eigenvalue weighted by atomic mass is 10.4. The lowest BCUT2D eigenvalue weighted by Crippen LogP contribution is -2.21.